The maximum absolute atomic E-state index is 5.85. The zero-order valence-corrected chi connectivity index (χ0v) is 10.1. The van der Waals surface area contributed by atoms with Gasteiger partial charge in [0.15, 0.2) is 0 Å². The van der Waals surface area contributed by atoms with E-state index in [9.17, 15) is 0 Å². The van der Waals surface area contributed by atoms with Gasteiger partial charge in [-0.15, -0.1) is 0 Å². The molecule has 2 saturated heterocycles. The van der Waals surface area contributed by atoms with E-state index in [2.05, 4.69) is 12.1 Å². The summed E-state index contributed by atoms with van der Waals surface area (Å²) >= 11 is 0. The van der Waals surface area contributed by atoms with E-state index in [0.717, 1.165) is 26.3 Å². The third-order valence-electron chi connectivity index (χ3n) is 3.33. The van der Waals surface area contributed by atoms with Crippen LogP contribution in [0, 0.1) is 0 Å². The second kappa shape index (κ2) is 5.00. The van der Waals surface area contributed by atoms with Crippen LogP contribution in [-0.2, 0) is 9.31 Å². The number of benzene rings is 1. The summed E-state index contributed by atoms with van der Waals surface area (Å²) < 4.78 is 11.7. The summed E-state index contributed by atoms with van der Waals surface area (Å²) in [7, 11) is 0. The average molecular weight is 221 g/mol. The van der Waals surface area contributed by atoms with Gasteiger partial charge in [-0.2, -0.15) is 0 Å². The van der Waals surface area contributed by atoms with E-state index >= 15 is 0 Å². The average Bonchev–Trinajstić information content (AvgIpc) is 2.92. The SMILES string of the molecule is CC.c1ccc([B-]23OCC[NH+]2CCO3)cc1. The van der Waals surface area contributed by atoms with Gasteiger partial charge in [0.1, 0.15) is 0 Å². The fraction of sp³-hybridized carbons (Fsp3) is 0.500. The molecule has 0 saturated carbocycles. The minimum Gasteiger partial charge on any atom is -0.505 e. The van der Waals surface area contributed by atoms with E-state index < -0.39 is 6.69 Å². The molecule has 3 rings (SSSR count). The van der Waals surface area contributed by atoms with Crippen molar-refractivity contribution in [3.63, 3.8) is 0 Å². The van der Waals surface area contributed by atoms with Crippen LogP contribution in [0.2, 0.25) is 0 Å². The Kier molecular flexibility index (Phi) is 3.64. The number of rotatable bonds is 1. The smallest absolute Gasteiger partial charge is 0.501 e. The van der Waals surface area contributed by atoms with Gasteiger partial charge >= 0.3 is 6.69 Å². The summed E-state index contributed by atoms with van der Waals surface area (Å²) in [5.74, 6) is 0. The quantitative estimate of drug-likeness (QED) is 0.664. The topological polar surface area (TPSA) is 22.9 Å². The molecule has 4 heteroatoms. The fourth-order valence-electron chi connectivity index (χ4n) is 2.64. The van der Waals surface area contributed by atoms with E-state index in [4.69, 9.17) is 9.31 Å². The molecule has 2 fully saturated rings. The van der Waals surface area contributed by atoms with Gasteiger partial charge in [-0.3, -0.25) is 0 Å². The Bertz CT molecular complexity index is 321. The highest BCUT2D eigenvalue weighted by molar-refractivity contribution is 6.74. The summed E-state index contributed by atoms with van der Waals surface area (Å²) in [6.45, 7) is 6.61. The summed E-state index contributed by atoms with van der Waals surface area (Å²) in [6.07, 6.45) is 0. The largest absolute Gasteiger partial charge is 0.505 e. The molecule has 0 unspecified atom stereocenters. The van der Waals surface area contributed by atoms with Crippen molar-refractivity contribution in [2.75, 3.05) is 26.3 Å². The maximum atomic E-state index is 5.85. The van der Waals surface area contributed by atoms with Gasteiger partial charge in [-0.1, -0.05) is 49.6 Å². The van der Waals surface area contributed by atoms with Crippen LogP contribution in [0.3, 0.4) is 0 Å². The van der Waals surface area contributed by atoms with Gasteiger partial charge in [-0.25, -0.2) is 0 Å². The molecular weight excluding hydrogens is 201 g/mol. The molecule has 2 heterocycles. The molecule has 0 spiro atoms. The number of hydrogen-bond acceptors (Lipinski definition) is 2. The lowest BCUT2D eigenvalue weighted by atomic mass is 9.63. The zero-order chi connectivity index (χ0) is 11.4. The third kappa shape index (κ3) is 1.77. The van der Waals surface area contributed by atoms with Crippen LogP contribution in [0.1, 0.15) is 13.8 Å². The molecule has 2 aliphatic rings. The lowest BCUT2D eigenvalue weighted by Gasteiger charge is -2.31. The standard InChI is InChI=1S/C10H14BNO2.C2H6/c1-2-4-10(5-3-1)11-12(6-8-13-11)7-9-14-11;1-2/h1-5,12H,6-9H2;1-2H3. The summed E-state index contributed by atoms with van der Waals surface area (Å²) in [4.78, 5) is 1.47. The molecule has 3 nitrogen and oxygen atoms in total. The van der Waals surface area contributed by atoms with Crippen molar-refractivity contribution < 1.29 is 14.1 Å². The van der Waals surface area contributed by atoms with E-state index in [1.807, 2.05) is 32.0 Å². The van der Waals surface area contributed by atoms with Crippen molar-refractivity contribution in [2.45, 2.75) is 13.8 Å². The van der Waals surface area contributed by atoms with Crippen LogP contribution < -0.4 is 10.3 Å². The summed E-state index contributed by atoms with van der Waals surface area (Å²) in [5.41, 5.74) is 1.21. The first-order valence-electron chi connectivity index (χ1n) is 6.24. The molecule has 16 heavy (non-hydrogen) atoms. The van der Waals surface area contributed by atoms with Crippen LogP contribution in [0.25, 0.3) is 0 Å². The Morgan fingerprint density at radius 1 is 1.00 bits per heavy atom. The van der Waals surface area contributed by atoms with E-state index in [1.165, 1.54) is 10.3 Å². The molecule has 0 radical (unpaired) electrons. The first kappa shape index (κ1) is 11.6. The molecule has 1 N–H and O–H groups in total. The van der Waals surface area contributed by atoms with Crippen LogP contribution in [0.4, 0.5) is 0 Å². The monoisotopic (exact) mass is 221 g/mol. The minimum atomic E-state index is -1.19. The number of quaternary nitrogens is 1. The molecular formula is C12H20BNO2. The molecule has 0 aliphatic carbocycles. The first-order valence-corrected chi connectivity index (χ1v) is 6.24. The van der Waals surface area contributed by atoms with Crippen molar-refractivity contribution in [1.82, 2.24) is 0 Å². The van der Waals surface area contributed by atoms with Crippen molar-refractivity contribution in [1.29, 1.82) is 0 Å². The Balaban J connectivity index is 0.000000457. The second-order valence-corrected chi connectivity index (χ2v) is 4.02. The van der Waals surface area contributed by atoms with Crippen LogP contribution >= 0.6 is 0 Å². The molecule has 0 amide bonds. The zero-order valence-electron chi connectivity index (χ0n) is 10.1. The number of nitrogens with one attached hydrogen (secondary N) is 1. The van der Waals surface area contributed by atoms with E-state index in [1.54, 1.807) is 0 Å². The van der Waals surface area contributed by atoms with Gasteiger partial charge in [-0.05, 0) is 0 Å². The summed E-state index contributed by atoms with van der Waals surface area (Å²) in [5, 5.41) is 0. The molecule has 1 aromatic carbocycles. The van der Waals surface area contributed by atoms with E-state index in [0.29, 0.717) is 0 Å². The molecule has 0 atom stereocenters. The highest BCUT2D eigenvalue weighted by Gasteiger charge is 2.50. The highest BCUT2D eigenvalue weighted by Crippen LogP contribution is 2.08. The Morgan fingerprint density at radius 2 is 1.56 bits per heavy atom. The van der Waals surface area contributed by atoms with Gasteiger partial charge < -0.3 is 14.1 Å². The van der Waals surface area contributed by atoms with Crippen molar-refractivity contribution in [3.8, 4) is 0 Å². The Hall–Kier alpha value is -0.835. The predicted octanol–water partition coefficient (Wildman–Crippen LogP) is -0.196. The van der Waals surface area contributed by atoms with Crippen molar-refractivity contribution in [3.05, 3.63) is 30.3 Å². The Morgan fingerprint density at radius 3 is 2.12 bits per heavy atom. The summed E-state index contributed by atoms with van der Waals surface area (Å²) in [6, 6.07) is 10.3. The van der Waals surface area contributed by atoms with Crippen molar-refractivity contribution in [2.24, 2.45) is 0 Å². The maximum Gasteiger partial charge on any atom is 0.501 e. The normalized spacial score (nSPS) is 31.8. The molecule has 1 aromatic rings. The van der Waals surface area contributed by atoms with Crippen LogP contribution in [0.5, 0.6) is 0 Å². The van der Waals surface area contributed by atoms with Gasteiger partial charge in [0.25, 0.3) is 0 Å². The highest BCUT2D eigenvalue weighted by atomic mass is 16.6. The third-order valence-corrected chi connectivity index (χ3v) is 3.33. The van der Waals surface area contributed by atoms with Crippen molar-refractivity contribution >= 4 is 12.1 Å². The fourth-order valence-corrected chi connectivity index (χ4v) is 2.64. The molecule has 0 bridgehead atoms. The van der Waals surface area contributed by atoms with Crippen LogP contribution in [-0.4, -0.2) is 33.0 Å². The Labute approximate surface area is 97.4 Å². The van der Waals surface area contributed by atoms with Gasteiger partial charge in [0.2, 0.25) is 0 Å². The van der Waals surface area contributed by atoms with Gasteiger partial charge in [0, 0.05) is 0 Å². The molecule has 0 aromatic heterocycles. The van der Waals surface area contributed by atoms with E-state index in [-0.39, 0.29) is 0 Å². The first-order chi connectivity index (χ1) is 7.92. The minimum absolute atomic E-state index is 0.824. The molecule has 2 aliphatic heterocycles. The van der Waals surface area contributed by atoms with Crippen LogP contribution in [0.15, 0.2) is 30.3 Å². The second-order valence-electron chi connectivity index (χ2n) is 4.02. The van der Waals surface area contributed by atoms with Gasteiger partial charge in [0.05, 0.1) is 26.3 Å². The number of fused-ring (bicyclic) bond motifs is 1. The lowest BCUT2D eigenvalue weighted by molar-refractivity contribution is -0.781. The molecule has 88 valence electrons. The number of hydrogen-bond donors (Lipinski definition) is 1. The lowest BCUT2D eigenvalue weighted by Crippen LogP contribution is -3.21. The predicted molar refractivity (Wildman–Crippen MR) is 65.8 cm³/mol.